The molecule has 2 heterocycles. The summed E-state index contributed by atoms with van der Waals surface area (Å²) in [5, 5.41) is 4.29. The van der Waals surface area contributed by atoms with Gasteiger partial charge in [-0.3, -0.25) is 9.69 Å². The molecule has 0 atom stereocenters. The molecule has 3 aromatic rings. The van der Waals surface area contributed by atoms with Crippen LogP contribution >= 0.6 is 0 Å². The molecule has 0 aliphatic carbocycles. The number of nitrogens with one attached hydrogen (secondary N) is 1. The predicted molar refractivity (Wildman–Crippen MR) is 103 cm³/mol. The summed E-state index contributed by atoms with van der Waals surface area (Å²) in [5.41, 5.74) is 3.07. The highest BCUT2D eigenvalue weighted by atomic mass is 16.5. The predicted octanol–water partition coefficient (Wildman–Crippen LogP) is 5.01. The maximum absolute atomic E-state index is 12.8. The van der Waals surface area contributed by atoms with E-state index in [2.05, 4.69) is 26.1 Å². The number of rotatable bonds is 2. The molecule has 0 fully saturated rings. The Kier molecular flexibility index (Phi) is 3.68. The van der Waals surface area contributed by atoms with Gasteiger partial charge in [0.15, 0.2) is 6.61 Å². The Bertz CT molecular complexity index is 998. The van der Waals surface area contributed by atoms with Gasteiger partial charge in [-0.2, -0.15) is 0 Å². The van der Waals surface area contributed by atoms with Crippen LogP contribution in [0, 0.1) is 6.92 Å². The fourth-order valence-electron chi connectivity index (χ4n) is 3.18. The molecule has 134 valence electrons. The number of amides is 1. The van der Waals surface area contributed by atoms with Crippen LogP contribution in [-0.2, 0) is 4.79 Å². The Morgan fingerprint density at radius 2 is 1.88 bits per heavy atom. The molecule has 2 aromatic carbocycles. The van der Waals surface area contributed by atoms with Crippen molar-refractivity contribution < 1.29 is 13.9 Å². The minimum atomic E-state index is -0.214. The van der Waals surface area contributed by atoms with Crippen molar-refractivity contribution in [1.29, 1.82) is 0 Å². The van der Waals surface area contributed by atoms with E-state index in [9.17, 15) is 4.79 Å². The summed E-state index contributed by atoms with van der Waals surface area (Å²) in [5.74, 6) is 1.17. The number of ether oxygens (including phenoxy) is 1. The van der Waals surface area contributed by atoms with Crippen LogP contribution in [0.15, 0.2) is 46.9 Å². The standard InChI is InChI=1S/C21H22N2O3/c1-13-9-10-15-17(11-13)25-12-18(24)23(15)19-14-7-5-6-8-16(14)26-20(19)22-21(2,3)4/h5-11,22H,12H2,1-4H3. The zero-order chi connectivity index (χ0) is 18.5. The average molecular weight is 350 g/mol. The molecule has 0 saturated carbocycles. The lowest BCUT2D eigenvalue weighted by Crippen LogP contribution is -2.36. The molecule has 1 aromatic heterocycles. The van der Waals surface area contributed by atoms with E-state index in [0.29, 0.717) is 11.6 Å². The second-order valence-corrected chi connectivity index (χ2v) is 7.64. The van der Waals surface area contributed by atoms with Crippen LogP contribution in [0.2, 0.25) is 0 Å². The van der Waals surface area contributed by atoms with Gasteiger partial charge in [-0.1, -0.05) is 18.2 Å². The fourth-order valence-corrected chi connectivity index (χ4v) is 3.18. The molecule has 1 aliphatic heterocycles. The lowest BCUT2D eigenvalue weighted by molar-refractivity contribution is -0.120. The highest BCUT2D eigenvalue weighted by Crippen LogP contribution is 2.46. The van der Waals surface area contributed by atoms with E-state index in [1.165, 1.54) is 0 Å². The van der Waals surface area contributed by atoms with Crippen molar-refractivity contribution in [2.24, 2.45) is 0 Å². The zero-order valence-corrected chi connectivity index (χ0v) is 15.4. The molecule has 0 spiro atoms. The highest BCUT2D eigenvalue weighted by Gasteiger charge is 2.33. The summed E-state index contributed by atoms with van der Waals surface area (Å²) in [4.78, 5) is 14.5. The summed E-state index contributed by atoms with van der Waals surface area (Å²) in [6.07, 6.45) is 0. The first-order valence-electron chi connectivity index (χ1n) is 8.69. The Hall–Kier alpha value is -2.95. The number of furan rings is 1. The zero-order valence-electron chi connectivity index (χ0n) is 15.4. The number of fused-ring (bicyclic) bond motifs is 2. The van der Waals surface area contributed by atoms with Gasteiger partial charge in [0.25, 0.3) is 5.91 Å². The number of nitrogens with zero attached hydrogens (tertiary/aromatic N) is 1. The van der Waals surface area contributed by atoms with Gasteiger partial charge >= 0.3 is 0 Å². The van der Waals surface area contributed by atoms with Gasteiger partial charge in [0, 0.05) is 10.9 Å². The molecule has 1 amide bonds. The van der Waals surface area contributed by atoms with Crippen molar-refractivity contribution in [2.75, 3.05) is 16.8 Å². The van der Waals surface area contributed by atoms with Gasteiger partial charge < -0.3 is 14.5 Å². The largest absolute Gasteiger partial charge is 0.482 e. The molecule has 26 heavy (non-hydrogen) atoms. The summed E-state index contributed by atoms with van der Waals surface area (Å²) in [6, 6.07) is 13.6. The first-order valence-corrected chi connectivity index (χ1v) is 8.69. The number of hydrogen-bond donors (Lipinski definition) is 1. The Morgan fingerprint density at radius 3 is 2.65 bits per heavy atom. The second kappa shape index (κ2) is 5.80. The molecular weight excluding hydrogens is 328 g/mol. The quantitative estimate of drug-likeness (QED) is 0.706. The molecular formula is C21H22N2O3. The third kappa shape index (κ3) is 2.79. The normalized spacial score (nSPS) is 14.3. The van der Waals surface area contributed by atoms with Crippen molar-refractivity contribution in [2.45, 2.75) is 33.2 Å². The summed E-state index contributed by atoms with van der Waals surface area (Å²) in [6.45, 7) is 8.18. The molecule has 4 rings (SSSR count). The van der Waals surface area contributed by atoms with E-state index < -0.39 is 0 Å². The summed E-state index contributed by atoms with van der Waals surface area (Å²) >= 11 is 0. The smallest absolute Gasteiger partial charge is 0.269 e. The number of aryl methyl sites for hydroxylation is 1. The second-order valence-electron chi connectivity index (χ2n) is 7.64. The first kappa shape index (κ1) is 16.5. The van der Waals surface area contributed by atoms with Gasteiger partial charge in [0.1, 0.15) is 17.0 Å². The molecule has 5 heteroatoms. The third-order valence-electron chi connectivity index (χ3n) is 4.24. The van der Waals surface area contributed by atoms with Crippen LogP contribution in [0.4, 0.5) is 17.3 Å². The molecule has 5 nitrogen and oxygen atoms in total. The average Bonchev–Trinajstić information content (AvgIpc) is 2.91. The monoisotopic (exact) mass is 350 g/mol. The number of carbonyl (C=O) groups is 1. The van der Waals surface area contributed by atoms with Gasteiger partial charge in [-0.05, 0) is 57.5 Å². The Labute approximate surface area is 152 Å². The van der Waals surface area contributed by atoms with Gasteiger partial charge in [-0.25, -0.2) is 0 Å². The van der Waals surface area contributed by atoms with Crippen LogP contribution in [-0.4, -0.2) is 18.1 Å². The topological polar surface area (TPSA) is 54.7 Å². The van der Waals surface area contributed by atoms with Gasteiger partial charge in [-0.15, -0.1) is 0 Å². The van der Waals surface area contributed by atoms with Crippen molar-refractivity contribution in [3.63, 3.8) is 0 Å². The molecule has 0 bridgehead atoms. The van der Waals surface area contributed by atoms with Crippen LogP contribution in [0.5, 0.6) is 5.75 Å². The lowest BCUT2D eigenvalue weighted by atomic mass is 10.1. The van der Waals surface area contributed by atoms with E-state index >= 15 is 0 Å². The van der Waals surface area contributed by atoms with Crippen LogP contribution < -0.4 is 15.0 Å². The van der Waals surface area contributed by atoms with Crippen LogP contribution in [0.3, 0.4) is 0 Å². The van der Waals surface area contributed by atoms with Gasteiger partial charge in [0.2, 0.25) is 5.88 Å². The van der Waals surface area contributed by atoms with E-state index in [-0.39, 0.29) is 18.1 Å². The summed E-state index contributed by atoms with van der Waals surface area (Å²) < 4.78 is 11.7. The van der Waals surface area contributed by atoms with Crippen molar-refractivity contribution >= 4 is 34.1 Å². The number of para-hydroxylation sites is 1. The van der Waals surface area contributed by atoms with Crippen molar-refractivity contribution in [3.8, 4) is 5.75 Å². The molecule has 0 unspecified atom stereocenters. The van der Waals surface area contributed by atoms with Crippen molar-refractivity contribution in [3.05, 3.63) is 48.0 Å². The molecule has 1 N–H and O–H groups in total. The number of carbonyl (C=O) groups excluding carboxylic acids is 1. The number of anilines is 3. The van der Waals surface area contributed by atoms with E-state index in [1.807, 2.05) is 49.4 Å². The highest BCUT2D eigenvalue weighted by molar-refractivity contribution is 6.13. The van der Waals surface area contributed by atoms with Gasteiger partial charge in [0.05, 0.1) is 5.69 Å². The molecule has 1 aliphatic rings. The van der Waals surface area contributed by atoms with Crippen LogP contribution in [0.25, 0.3) is 11.0 Å². The Morgan fingerprint density at radius 1 is 1.12 bits per heavy atom. The first-order chi connectivity index (χ1) is 12.3. The maximum atomic E-state index is 12.8. The minimum absolute atomic E-state index is 0.00488. The minimum Gasteiger partial charge on any atom is -0.482 e. The summed E-state index contributed by atoms with van der Waals surface area (Å²) in [7, 11) is 0. The number of hydrogen-bond acceptors (Lipinski definition) is 4. The molecule has 0 radical (unpaired) electrons. The van der Waals surface area contributed by atoms with E-state index in [0.717, 1.165) is 27.9 Å². The van der Waals surface area contributed by atoms with E-state index in [4.69, 9.17) is 9.15 Å². The van der Waals surface area contributed by atoms with E-state index in [1.54, 1.807) is 4.90 Å². The van der Waals surface area contributed by atoms with Crippen LogP contribution in [0.1, 0.15) is 26.3 Å². The third-order valence-corrected chi connectivity index (χ3v) is 4.24. The SMILES string of the molecule is Cc1ccc2c(c1)OCC(=O)N2c1c(NC(C)(C)C)oc2ccccc12. The van der Waals surface area contributed by atoms with Crippen molar-refractivity contribution in [1.82, 2.24) is 0 Å². The Balaban J connectivity index is 1.96. The fraction of sp³-hybridized carbons (Fsp3) is 0.286. The lowest BCUT2D eigenvalue weighted by Gasteiger charge is -2.30. The number of benzene rings is 2. The molecule has 0 saturated heterocycles. The maximum Gasteiger partial charge on any atom is 0.269 e.